The number of hydrogen-bond acceptors (Lipinski definition) is 9. The van der Waals surface area contributed by atoms with Crippen molar-refractivity contribution in [2.75, 3.05) is 33.3 Å². The highest BCUT2D eigenvalue weighted by molar-refractivity contribution is 7.14. The minimum Gasteiger partial charge on any atom is -0.497 e. The van der Waals surface area contributed by atoms with Gasteiger partial charge in [0.05, 0.1) is 43.8 Å². The van der Waals surface area contributed by atoms with E-state index in [1.54, 1.807) is 70.0 Å². The summed E-state index contributed by atoms with van der Waals surface area (Å²) in [5, 5.41) is 5.57. The number of benzene rings is 2. The standard InChI is InChI=1S/C25H23N3O6S/c1-14-18(9-15-5-6-17(32-3)11-20(15)26-14)24(30)34-12-23(29)28-25-27-21(13-35-25)19-10-16(31-2)7-8-22(19)33-4/h5-11,13H,12H2,1-4H3,(H,27,28,29). The number of fused-ring (bicyclic) bond motifs is 1. The Hall–Kier alpha value is -4.18. The lowest BCUT2D eigenvalue weighted by atomic mass is 10.1. The van der Waals surface area contributed by atoms with Crippen LogP contribution in [0.25, 0.3) is 22.2 Å². The van der Waals surface area contributed by atoms with Gasteiger partial charge in [0.2, 0.25) is 0 Å². The number of hydrogen-bond donors (Lipinski definition) is 1. The minimum absolute atomic E-state index is 0.289. The number of nitrogens with one attached hydrogen (secondary N) is 1. The first-order valence-electron chi connectivity index (χ1n) is 10.5. The SMILES string of the molecule is COc1ccc(OC)c(-c2csc(NC(=O)COC(=O)c3cc4ccc(OC)cc4nc3C)n2)c1. The van der Waals surface area contributed by atoms with Crippen LogP contribution < -0.4 is 19.5 Å². The number of carbonyl (C=O) groups excluding carboxylic acids is 2. The number of amides is 1. The van der Waals surface area contributed by atoms with E-state index < -0.39 is 18.5 Å². The third-order valence-electron chi connectivity index (χ3n) is 5.20. The lowest BCUT2D eigenvalue weighted by Gasteiger charge is -2.09. The molecule has 0 aliphatic rings. The summed E-state index contributed by atoms with van der Waals surface area (Å²) in [6.07, 6.45) is 0. The van der Waals surface area contributed by atoms with Crippen LogP contribution >= 0.6 is 11.3 Å². The molecule has 0 atom stereocenters. The van der Waals surface area contributed by atoms with Gasteiger partial charge in [0.15, 0.2) is 11.7 Å². The molecule has 0 spiro atoms. The number of aryl methyl sites for hydroxylation is 1. The van der Waals surface area contributed by atoms with Crippen LogP contribution in [0.1, 0.15) is 16.1 Å². The molecule has 10 heteroatoms. The second-order valence-electron chi connectivity index (χ2n) is 7.41. The van der Waals surface area contributed by atoms with Gasteiger partial charge in [-0.05, 0) is 43.3 Å². The molecule has 2 heterocycles. The van der Waals surface area contributed by atoms with Crippen LogP contribution in [0, 0.1) is 6.92 Å². The van der Waals surface area contributed by atoms with E-state index in [1.807, 2.05) is 6.07 Å². The van der Waals surface area contributed by atoms with Gasteiger partial charge in [-0.2, -0.15) is 0 Å². The Kier molecular flexibility index (Phi) is 7.11. The van der Waals surface area contributed by atoms with Crippen LogP contribution in [0.4, 0.5) is 5.13 Å². The topological polar surface area (TPSA) is 109 Å². The Labute approximate surface area is 205 Å². The lowest BCUT2D eigenvalue weighted by Crippen LogP contribution is -2.21. The van der Waals surface area contributed by atoms with Gasteiger partial charge in [-0.3, -0.25) is 15.1 Å². The van der Waals surface area contributed by atoms with Crippen molar-refractivity contribution in [2.45, 2.75) is 6.92 Å². The number of methoxy groups -OCH3 is 3. The van der Waals surface area contributed by atoms with Gasteiger partial charge in [-0.1, -0.05) is 0 Å². The zero-order valence-electron chi connectivity index (χ0n) is 19.6. The van der Waals surface area contributed by atoms with Crippen molar-refractivity contribution in [3.05, 3.63) is 59.1 Å². The largest absolute Gasteiger partial charge is 0.497 e. The first-order valence-corrected chi connectivity index (χ1v) is 11.4. The number of esters is 1. The molecule has 0 saturated carbocycles. The average Bonchev–Trinajstić information content (AvgIpc) is 3.34. The van der Waals surface area contributed by atoms with E-state index in [4.69, 9.17) is 18.9 Å². The first-order chi connectivity index (χ1) is 16.9. The first kappa shape index (κ1) is 24.0. The molecular weight excluding hydrogens is 470 g/mol. The molecule has 0 unspecified atom stereocenters. The minimum atomic E-state index is -0.635. The Morgan fingerprint density at radius 3 is 2.43 bits per heavy atom. The summed E-state index contributed by atoms with van der Waals surface area (Å²) in [7, 11) is 4.72. The van der Waals surface area contributed by atoms with Crippen molar-refractivity contribution in [3.8, 4) is 28.5 Å². The summed E-state index contributed by atoms with van der Waals surface area (Å²) in [6, 6.07) is 12.4. The maximum atomic E-state index is 12.6. The summed E-state index contributed by atoms with van der Waals surface area (Å²) in [6.45, 7) is 1.25. The number of rotatable bonds is 8. The zero-order chi connectivity index (χ0) is 24.9. The Morgan fingerprint density at radius 1 is 0.943 bits per heavy atom. The van der Waals surface area contributed by atoms with Gasteiger partial charge in [0.25, 0.3) is 5.91 Å². The number of aromatic nitrogens is 2. The van der Waals surface area contributed by atoms with Crippen LogP contribution in [-0.4, -0.2) is 49.8 Å². The third kappa shape index (κ3) is 5.33. The second-order valence-corrected chi connectivity index (χ2v) is 8.27. The quantitative estimate of drug-likeness (QED) is 0.358. The molecule has 0 fully saturated rings. The van der Waals surface area contributed by atoms with Crippen molar-refractivity contribution < 1.29 is 28.5 Å². The molecule has 1 amide bonds. The monoisotopic (exact) mass is 493 g/mol. The predicted molar refractivity (Wildman–Crippen MR) is 133 cm³/mol. The third-order valence-corrected chi connectivity index (χ3v) is 5.96. The van der Waals surface area contributed by atoms with E-state index >= 15 is 0 Å². The van der Waals surface area contributed by atoms with E-state index in [-0.39, 0.29) is 5.56 Å². The number of ether oxygens (including phenoxy) is 4. The molecule has 4 aromatic rings. The van der Waals surface area contributed by atoms with Crippen LogP contribution in [0.3, 0.4) is 0 Å². The summed E-state index contributed by atoms with van der Waals surface area (Å²) in [5.74, 6) is 0.813. The normalized spacial score (nSPS) is 10.6. The van der Waals surface area contributed by atoms with E-state index in [1.165, 1.54) is 11.3 Å². The van der Waals surface area contributed by atoms with Gasteiger partial charge in [0.1, 0.15) is 17.2 Å². The van der Waals surface area contributed by atoms with Gasteiger partial charge in [0, 0.05) is 22.4 Å². The van der Waals surface area contributed by atoms with E-state index in [0.29, 0.717) is 39.3 Å². The smallest absolute Gasteiger partial charge is 0.340 e. The van der Waals surface area contributed by atoms with Crippen molar-refractivity contribution >= 4 is 39.2 Å². The molecule has 1 N–H and O–H groups in total. The Bertz CT molecular complexity index is 1400. The van der Waals surface area contributed by atoms with Crippen LogP contribution in [0.15, 0.2) is 47.8 Å². The number of pyridine rings is 1. The van der Waals surface area contributed by atoms with E-state index in [0.717, 1.165) is 10.9 Å². The summed E-state index contributed by atoms with van der Waals surface area (Å²) in [4.78, 5) is 33.9. The molecule has 0 bridgehead atoms. The fraction of sp³-hybridized carbons (Fsp3) is 0.200. The highest BCUT2D eigenvalue weighted by Crippen LogP contribution is 2.35. The van der Waals surface area contributed by atoms with Crippen LogP contribution in [0.5, 0.6) is 17.2 Å². The van der Waals surface area contributed by atoms with E-state index in [9.17, 15) is 9.59 Å². The molecule has 35 heavy (non-hydrogen) atoms. The lowest BCUT2D eigenvalue weighted by molar-refractivity contribution is -0.119. The van der Waals surface area contributed by atoms with Gasteiger partial charge in [-0.15, -0.1) is 11.3 Å². The molecule has 0 aliphatic heterocycles. The maximum Gasteiger partial charge on any atom is 0.340 e. The molecule has 0 saturated heterocycles. The highest BCUT2D eigenvalue weighted by Gasteiger charge is 2.17. The predicted octanol–water partition coefficient (Wildman–Crippen LogP) is 4.49. The van der Waals surface area contributed by atoms with Gasteiger partial charge < -0.3 is 18.9 Å². The molecule has 180 valence electrons. The number of carbonyl (C=O) groups is 2. The van der Waals surface area contributed by atoms with E-state index in [2.05, 4.69) is 15.3 Å². The van der Waals surface area contributed by atoms with Crippen LogP contribution in [0.2, 0.25) is 0 Å². The number of nitrogens with zero attached hydrogens (tertiary/aromatic N) is 2. The summed E-state index contributed by atoms with van der Waals surface area (Å²) in [5.41, 5.74) is 2.83. The Balaban J connectivity index is 1.41. The maximum absolute atomic E-state index is 12.6. The highest BCUT2D eigenvalue weighted by atomic mass is 32.1. The average molecular weight is 494 g/mol. The number of anilines is 1. The molecule has 0 radical (unpaired) electrons. The summed E-state index contributed by atoms with van der Waals surface area (Å²) >= 11 is 1.24. The van der Waals surface area contributed by atoms with Crippen molar-refractivity contribution in [1.82, 2.24) is 9.97 Å². The molecule has 9 nitrogen and oxygen atoms in total. The number of thiazole rings is 1. The molecular formula is C25H23N3O6S. The summed E-state index contributed by atoms with van der Waals surface area (Å²) < 4.78 is 21.1. The van der Waals surface area contributed by atoms with Crippen molar-refractivity contribution in [1.29, 1.82) is 0 Å². The fourth-order valence-electron chi connectivity index (χ4n) is 3.41. The fourth-order valence-corrected chi connectivity index (χ4v) is 4.14. The Morgan fingerprint density at radius 2 is 1.69 bits per heavy atom. The molecule has 4 rings (SSSR count). The van der Waals surface area contributed by atoms with Crippen molar-refractivity contribution in [3.63, 3.8) is 0 Å². The van der Waals surface area contributed by atoms with Gasteiger partial charge in [-0.25, -0.2) is 9.78 Å². The molecule has 0 aliphatic carbocycles. The molecule has 2 aromatic carbocycles. The second kappa shape index (κ2) is 10.4. The van der Waals surface area contributed by atoms with Gasteiger partial charge >= 0.3 is 5.97 Å². The zero-order valence-corrected chi connectivity index (χ0v) is 20.4. The van der Waals surface area contributed by atoms with Crippen LogP contribution in [-0.2, 0) is 9.53 Å². The molecule has 2 aromatic heterocycles. The van der Waals surface area contributed by atoms with Crippen molar-refractivity contribution in [2.24, 2.45) is 0 Å².